The lowest BCUT2D eigenvalue weighted by Crippen LogP contribution is -2.38. The topological polar surface area (TPSA) is 43.8 Å². The minimum atomic E-state index is -4.37. The number of nitrogens with zero attached hydrogens (tertiary/aromatic N) is 2. The van der Waals surface area contributed by atoms with Crippen LogP contribution in [0, 0.1) is 6.92 Å². The van der Waals surface area contributed by atoms with Gasteiger partial charge in [0.25, 0.3) is 0 Å². The molecule has 0 spiro atoms. The van der Waals surface area contributed by atoms with Gasteiger partial charge in [-0.2, -0.15) is 13.2 Å². The van der Waals surface area contributed by atoms with Crippen LogP contribution in [-0.2, 0) is 10.9 Å². The third-order valence-corrected chi connectivity index (χ3v) is 4.57. The molecule has 1 fully saturated rings. The van der Waals surface area contributed by atoms with Gasteiger partial charge in [-0.3, -0.25) is 0 Å². The Morgan fingerprint density at radius 3 is 2.46 bits per heavy atom. The SMILES string of the molecule is COCOc1cc(C)ccc1OC1CCN(c2ccc(C(F)(F)F)cn2)CC1. The summed E-state index contributed by atoms with van der Waals surface area (Å²) in [4.78, 5) is 5.94. The van der Waals surface area contributed by atoms with Crippen LogP contribution in [0.2, 0.25) is 0 Å². The zero-order chi connectivity index (χ0) is 20.1. The number of hydrogen-bond acceptors (Lipinski definition) is 5. The van der Waals surface area contributed by atoms with E-state index < -0.39 is 11.7 Å². The molecule has 0 saturated carbocycles. The fourth-order valence-electron chi connectivity index (χ4n) is 3.07. The van der Waals surface area contributed by atoms with E-state index in [1.165, 1.54) is 6.07 Å². The first-order chi connectivity index (χ1) is 13.4. The maximum atomic E-state index is 12.7. The average molecular weight is 396 g/mol. The minimum Gasteiger partial charge on any atom is -0.486 e. The monoisotopic (exact) mass is 396 g/mol. The van der Waals surface area contributed by atoms with Crippen molar-refractivity contribution < 1.29 is 27.4 Å². The zero-order valence-corrected chi connectivity index (χ0v) is 15.8. The Hall–Kier alpha value is -2.48. The molecule has 1 saturated heterocycles. The predicted octanol–water partition coefficient (Wildman–Crippen LogP) is 4.44. The highest BCUT2D eigenvalue weighted by atomic mass is 19.4. The van der Waals surface area contributed by atoms with Gasteiger partial charge in [0, 0.05) is 39.2 Å². The van der Waals surface area contributed by atoms with E-state index in [0.717, 1.165) is 30.7 Å². The van der Waals surface area contributed by atoms with Crippen LogP contribution in [0.5, 0.6) is 11.5 Å². The highest BCUT2D eigenvalue weighted by Gasteiger charge is 2.31. The minimum absolute atomic E-state index is 0.00157. The fraction of sp³-hybridized carbons (Fsp3) is 0.450. The lowest BCUT2D eigenvalue weighted by molar-refractivity contribution is -0.137. The van der Waals surface area contributed by atoms with E-state index in [4.69, 9.17) is 14.2 Å². The van der Waals surface area contributed by atoms with Gasteiger partial charge in [0.15, 0.2) is 18.3 Å². The molecule has 0 atom stereocenters. The van der Waals surface area contributed by atoms with E-state index >= 15 is 0 Å². The summed E-state index contributed by atoms with van der Waals surface area (Å²) < 4.78 is 54.7. The van der Waals surface area contributed by atoms with Crippen molar-refractivity contribution in [1.29, 1.82) is 0 Å². The normalized spacial score (nSPS) is 15.5. The van der Waals surface area contributed by atoms with Crippen LogP contribution in [0.3, 0.4) is 0 Å². The predicted molar refractivity (Wildman–Crippen MR) is 98.8 cm³/mol. The molecule has 0 radical (unpaired) electrons. The maximum Gasteiger partial charge on any atom is 0.417 e. The number of piperidine rings is 1. The molecule has 0 bridgehead atoms. The molecule has 5 nitrogen and oxygen atoms in total. The molecule has 152 valence electrons. The van der Waals surface area contributed by atoms with E-state index in [0.29, 0.717) is 30.4 Å². The van der Waals surface area contributed by atoms with Crippen molar-refractivity contribution in [3.05, 3.63) is 47.7 Å². The Kier molecular flexibility index (Phi) is 6.28. The first kappa shape index (κ1) is 20.3. The summed E-state index contributed by atoms with van der Waals surface area (Å²) in [7, 11) is 1.56. The molecule has 1 aromatic carbocycles. The number of ether oxygens (including phenoxy) is 3. The van der Waals surface area contributed by atoms with Crippen LogP contribution < -0.4 is 14.4 Å². The number of benzene rings is 1. The molecular formula is C20H23F3N2O3. The standard InChI is InChI=1S/C20H23F3N2O3/c1-14-3-5-17(18(11-14)27-13-26-2)28-16-7-9-25(10-8-16)19-6-4-15(12-24-19)20(21,22)23/h3-6,11-12,16H,7-10,13H2,1-2H3. The van der Waals surface area contributed by atoms with Crippen molar-refractivity contribution in [1.82, 2.24) is 4.98 Å². The van der Waals surface area contributed by atoms with E-state index in [1.807, 2.05) is 30.0 Å². The summed E-state index contributed by atoms with van der Waals surface area (Å²) >= 11 is 0. The summed E-state index contributed by atoms with van der Waals surface area (Å²) in [5.41, 5.74) is 0.319. The number of hydrogen-bond donors (Lipinski definition) is 0. The largest absolute Gasteiger partial charge is 0.486 e. The van der Waals surface area contributed by atoms with Gasteiger partial charge >= 0.3 is 6.18 Å². The summed E-state index contributed by atoms with van der Waals surface area (Å²) in [6, 6.07) is 8.22. The molecule has 1 aliphatic rings. The number of methoxy groups -OCH3 is 1. The van der Waals surface area contributed by atoms with Gasteiger partial charge in [-0.15, -0.1) is 0 Å². The highest BCUT2D eigenvalue weighted by Crippen LogP contribution is 2.32. The smallest absolute Gasteiger partial charge is 0.417 e. The van der Waals surface area contributed by atoms with Gasteiger partial charge in [0.2, 0.25) is 0 Å². The van der Waals surface area contributed by atoms with Crippen LogP contribution in [0.15, 0.2) is 36.5 Å². The lowest BCUT2D eigenvalue weighted by Gasteiger charge is -2.33. The highest BCUT2D eigenvalue weighted by molar-refractivity contribution is 5.43. The fourth-order valence-corrected chi connectivity index (χ4v) is 3.07. The van der Waals surface area contributed by atoms with Crippen molar-refractivity contribution >= 4 is 5.82 Å². The van der Waals surface area contributed by atoms with Gasteiger partial charge in [-0.05, 0) is 36.8 Å². The quantitative estimate of drug-likeness (QED) is 0.676. The molecule has 0 N–H and O–H groups in total. The molecule has 2 aromatic rings. The Morgan fingerprint density at radius 1 is 1.11 bits per heavy atom. The first-order valence-electron chi connectivity index (χ1n) is 9.04. The number of rotatable bonds is 6. The van der Waals surface area contributed by atoms with E-state index in [-0.39, 0.29) is 12.9 Å². The van der Waals surface area contributed by atoms with E-state index in [1.54, 1.807) is 7.11 Å². The van der Waals surface area contributed by atoms with Crippen molar-refractivity contribution in [3.63, 3.8) is 0 Å². The summed E-state index contributed by atoms with van der Waals surface area (Å²) in [6.45, 7) is 3.42. The van der Waals surface area contributed by atoms with Gasteiger partial charge in [-0.1, -0.05) is 6.07 Å². The lowest BCUT2D eigenvalue weighted by atomic mass is 10.1. The second-order valence-electron chi connectivity index (χ2n) is 6.71. The molecule has 1 aromatic heterocycles. The van der Waals surface area contributed by atoms with Crippen LogP contribution >= 0.6 is 0 Å². The zero-order valence-electron chi connectivity index (χ0n) is 15.8. The van der Waals surface area contributed by atoms with Crippen molar-refractivity contribution in [3.8, 4) is 11.5 Å². The van der Waals surface area contributed by atoms with Crippen molar-refractivity contribution in [2.45, 2.75) is 32.0 Å². The molecule has 3 rings (SSSR count). The number of aromatic nitrogens is 1. The number of pyridine rings is 1. The second kappa shape index (κ2) is 8.68. The number of aryl methyl sites for hydroxylation is 1. The van der Waals surface area contributed by atoms with Gasteiger partial charge in [-0.25, -0.2) is 4.98 Å². The third-order valence-electron chi connectivity index (χ3n) is 4.57. The molecule has 8 heteroatoms. The summed E-state index contributed by atoms with van der Waals surface area (Å²) in [5.74, 6) is 1.84. The number of halogens is 3. The Balaban J connectivity index is 1.59. The van der Waals surface area contributed by atoms with Gasteiger partial charge in [0.1, 0.15) is 11.9 Å². The molecule has 0 aliphatic carbocycles. The van der Waals surface area contributed by atoms with Crippen LogP contribution in [0.25, 0.3) is 0 Å². The van der Waals surface area contributed by atoms with Crippen LogP contribution in [-0.4, -0.2) is 38.1 Å². The molecule has 1 aliphatic heterocycles. The molecule has 0 unspecified atom stereocenters. The Bertz CT molecular complexity index is 773. The van der Waals surface area contributed by atoms with Gasteiger partial charge < -0.3 is 19.1 Å². The van der Waals surface area contributed by atoms with Crippen LogP contribution in [0.1, 0.15) is 24.0 Å². The van der Waals surface area contributed by atoms with Crippen molar-refractivity contribution in [2.24, 2.45) is 0 Å². The number of anilines is 1. The number of alkyl halides is 3. The summed E-state index contributed by atoms with van der Waals surface area (Å²) in [6.07, 6.45) is -2.02. The average Bonchev–Trinajstić information content (AvgIpc) is 2.68. The molecule has 2 heterocycles. The third kappa shape index (κ3) is 5.07. The van der Waals surface area contributed by atoms with Gasteiger partial charge in [0.05, 0.1) is 5.56 Å². The van der Waals surface area contributed by atoms with E-state index in [9.17, 15) is 13.2 Å². The van der Waals surface area contributed by atoms with E-state index in [2.05, 4.69) is 4.98 Å². The second-order valence-corrected chi connectivity index (χ2v) is 6.71. The molecule has 0 amide bonds. The Labute approximate surface area is 162 Å². The maximum absolute atomic E-state index is 12.7. The first-order valence-corrected chi connectivity index (χ1v) is 9.04. The Morgan fingerprint density at radius 2 is 1.86 bits per heavy atom. The van der Waals surface area contributed by atoms with Crippen LogP contribution in [0.4, 0.5) is 19.0 Å². The van der Waals surface area contributed by atoms with Crippen molar-refractivity contribution in [2.75, 3.05) is 31.9 Å². The molecule has 28 heavy (non-hydrogen) atoms. The summed E-state index contributed by atoms with van der Waals surface area (Å²) in [5, 5.41) is 0. The molecular weight excluding hydrogens is 373 g/mol.